The number of nitriles is 2. The average Bonchev–Trinajstić information content (AvgIpc) is 2.81. The van der Waals surface area contributed by atoms with Crippen molar-refractivity contribution < 1.29 is 14.2 Å². The van der Waals surface area contributed by atoms with Crippen molar-refractivity contribution in [2.24, 2.45) is 11.8 Å². The van der Waals surface area contributed by atoms with Crippen LogP contribution in [0.1, 0.15) is 57.8 Å². The van der Waals surface area contributed by atoms with Crippen LogP contribution in [0.25, 0.3) is 0 Å². The Kier molecular flexibility index (Phi) is 5.45. The van der Waals surface area contributed by atoms with Gasteiger partial charge in [0.2, 0.25) is 5.75 Å². The standard InChI is InChI=1S/C24H31N3O3/c1-28-20-13-19(14-21(29-2)22(20)30-3)27-23(15-25)10-6-4-8-17(23)12-18-9-5-7-11-24(18,27)16-26/h13-14,17-18H,4-12H2,1-3H3/t17-,18-,23+,24+/m1/s1. The van der Waals surface area contributed by atoms with E-state index in [1.54, 1.807) is 21.3 Å². The maximum atomic E-state index is 10.6. The third-order valence-electron chi connectivity index (χ3n) is 7.73. The van der Waals surface area contributed by atoms with Crippen LogP contribution < -0.4 is 19.1 Å². The molecule has 0 aromatic heterocycles. The summed E-state index contributed by atoms with van der Waals surface area (Å²) in [5, 5.41) is 21.1. The Morgan fingerprint density at radius 3 is 1.73 bits per heavy atom. The van der Waals surface area contributed by atoms with E-state index in [1.807, 2.05) is 12.1 Å². The third-order valence-corrected chi connectivity index (χ3v) is 7.73. The highest BCUT2D eigenvalue weighted by molar-refractivity contribution is 5.68. The molecule has 160 valence electrons. The van der Waals surface area contributed by atoms with Gasteiger partial charge in [0.1, 0.15) is 11.1 Å². The molecule has 3 fully saturated rings. The number of anilines is 1. The summed E-state index contributed by atoms with van der Waals surface area (Å²) in [5.74, 6) is 2.19. The van der Waals surface area contributed by atoms with Gasteiger partial charge in [0, 0.05) is 17.8 Å². The van der Waals surface area contributed by atoms with Crippen LogP contribution in [0.15, 0.2) is 12.1 Å². The summed E-state index contributed by atoms with van der Waals surface area (Å²) in [5.41, 5.74) is -0.523. The van der Waals surface area contributed by atoms with E-state index in [4.69, 9.17) is 14.2 Å². The maximum Gasteiger partial charge on any atom is 0.203 e. The molecule has 3 aliphatic rings. The molecule has 4 atom stereocenters. The Labute approximate surface area is 179 Å². The first kappa shape index (κ1) is 20.7. The van der Waals surface area contributed by atoms with Crippen LogP contribution in [0.3, 0.4) is 0 Å². The minimum absolute atomic E-state index is 0.278. The highest BCUT2D eigenvalue weighted by atomic mass is 16.5. The third kappa shape index (κ3) is 2.81. The van der Waals surface area contributed by atoms with Crippen LogP contribution in [0, 0.1) is 34.5 Å². The zero-order valence-corrected chi connectivity index (χ0v) is 18.2. The van der Waals surface area contributed by atoms with Crippen LogP contribution in [0.2, 0.25) is 0 Å². The van der Waals surface area contributed by atoms with Crippen LogP contribution in [-0.4, -0.2) is 32.4 Å². The fourth-order valence-corrected chi connectivity index (χ4v) is 6.42. The molecule has 0 unspecified atom stereocenters. The van der Waals surface area contributed by atoms with Crippen LogP contribution in [-0.2, 0) is 0 Å². The molecule has 0 bridgehead atoms. The number of hydrogen-bond acceptors (Lipinski definition) is 6. The molecule has 2 saturated carbocycles. The first-order chi connectivity index (χ1) is 14.6. The van der Waals surface area contributed by atoms with Gasteiger partial charge in [-0.2, -0.15) is 10.5 Å². The van der Waals surface area contributed by atoms with Crippen molar-refractivity contribution in [1.29, 1.82) is 10.5 Å². The van der Waals surface area contributed by atoms with Crippen molar-refractivity contribution in [3.05, 3.63) is 12.1 Å². The van der Waals surface area contributed by atoms with Crippen molar-refractivity contribution >= 4 is 5.69 Å². The minimum atomic E-state index is -0.674. The molecule has 6 heteroatoms. The Morgan fingerprint density at radius 1 is 0.833 bits per heavy atom. The Morgan fingerprint density at radius 2 is 1.33 bits per heavy atom. The molecule has 4 rings (SSSR count). The van der Waals surface area contributed by atoms with Gasteiger partial charge >= 0.3 is 0 Å². The monoisotopic (exact) mass is 409 g/mol. The van der Waals surface area contributed by atoms with E-state index >= 15 is 0 Å². The minimum Gasteiger partial charge on any atom is -0.493 e. The quantitative estimate of drug-likeness (QED) is 0.709. The van der Waals surface area contributed by atoms with E-state index < -0.39 is 11.1 Å². The number of nitrogens with zero attached hydrogens (tertiary/aromatic N) is 3. The largest absolute Gasteiger partial charge is 0.493 e. The number of rotatable bonds is 4. The van der Waals surface area contributed by atoms with Gasteiger partial charge in [-0.1, -0.05) is 25.7 Å². The second-order valence-corrected chi connectivity index (χ2v) is 8.91. The number of methoxy groups -OCH3 is 3. The summed E-state index contributed by atoms with van der Waals surface area (Å²) < 4.78 is 16.8. The second-order valence-electron chi connectivity index (χ2n) is 8.91. The lowest BCUT2D eigenvalue weighted by Crippen LogP contribution is -2.71. The van der Waals surface area contributed by atoms with Crippen molar-refractivity contribution in [2.75, 3.05) is 26.2 Å². The molecule has 1 aromatic rings. The van der Waals surface area contributed by atoms with Gasteiger partial charge in [0.05, 0.1) is 33.5 Å². The molecule has 0 radical (unpaired) electrons. The lowest BCUT2D eigenvalue weighted by molar-refractivity contribution is 0.0614. The van der Waals surface area contributed by atoms with E-state index in [0.29, 0.717) is 17.2 Å². The van der Waals surface area contributed by atoms with Crippen molar-refractivity contribution in [3.8, 4) is 29.4 Å². The highest BCUT2D eigenvalue weighted by Crippen LogP contribution is 2.58. The van der Waals surface area contributed by atoms with Gasteiger partial charge in [-0.05, 0) is 43.9 Å². The predicted molar refractivity (Wildman–Crippen MR) is 114 cm³/mol. The summed E-state index contributed by atoms with van der Waals surface area (Å²) in [6.07, 6.45) is 8.99. The van der Waals surface area contributed by atoms with E-state index in [0.717, 1.165) is 63.5 Å². The molecule has 1 aliphatic heterocycles. The smallest absolute Gasteiger partial charge is 0.203 e. The number of hydrogen-bond donors (Lipinski definition) is 0. The van der Waals surface area contributed by atoms with Gasteiger partial charge in [-0.15, -0.1) is 0 Å². The lowest BCUT2D eigenvalue weighted by Gasteiger charge is -2.62. The summed E-state index contributed by atoms with van der Waals surface area (Å²) in [4.78, 5) is 2.20. The number of piperidine rings is 1. The van der Waals surface area contributed by atoms with E-state index in [2.05, 4.69) is 17.0 Å². The molecule has 1 heterocycles. The molecular formula is C24H31N3O3. The normalized spacial score (nSPS) is 32.8. The molecule has 0 N–H and O–H groups in total. The molecule has 1 aromatic carbocycles. The summed E-state index contributed by atoms with van der Waals surface area (Å²) in [6, 6.07) is 9.29. The van der Waals surface area contributed by atoms with E-state index in [-0.39, 0.29) is 11.8 Å². The first-order valence-corrected chi connectivity index (χ1v) is 11.0. The summed E-state index contributed by atoms with van der Waals surface area (Å²) in [7, 11) is 4.79. The average molecular weight is 410 g/mol. The van der Waals surface area contributed by atoms with E-state index in [9.17, 15) is 10.5 Å². The van der Waals surface area contributed by atoms with Crippen molar-refractivity contribution in [2.45, 2.75) is 68.9 Å². The number of benzene rings is 1. The molecule has 30 heavy (non-hydrogen) atoms. The number of ether oxygens (including phenoxy) is 3. The second kappa shape index (κ2) is 7.91. The molecule has 1 saturated heterocycles. The van der Waals surface area contributed by atoms with Crippen LogP contribution in [0.4, 0.5) is 5.69 Å². The SMILES string of the molecule is COc1cc(N2[C@]3(C#N)CCCC[C@@H]3C[C@H]3CCCC[C@]32C#N)cc(OC)c1OC. The first-order valence-electron chi connectivity index (χ1n) is 11.0. The van der Waals surface area contributed by atoms with E-state index in [1.165, 1.54) is 0 Å². The summed E-state index contributed by atoms with van der Waals surface area (Å²) >= 11 is 0. The Hall–Kier alpha value is -2.60. The topological polar surface area (TPSA) is 78.5 Å². The van der Waals surface area contributed by atoms with Crippen LogP contribution in [0.5, 0.6) is 17.2 Å². The number of fused-ring (bicyclic) bond motifs is 2. The zero-order valence-electron chi connectivity index (χ0n) is 18.2. The van der Waals surface area contributed by atoms with Crippen molar-refractivity contribution in [3.63, 3.8) is 0 Å². The molecule has 6 nitrogen and oxygen atoms in total. The van der Waals surface area contributed by atoms with Gasteiger partial charge in [0.15, 0.2) is 11.5 Å². The van der Waals surface area contributed by atoms with Crippen LogP contribution >= 0.6 is 0 Å². The Balaban J connectivity index is 1.97. The maximum absolute atomic E-state index is 10.6. The predicted octanol–water partition coefficient (Wildman–Crippen LogP) is 4.83. The van der Waals surface area contributed by atoms with Gasteiger partial charge in [0.25, 0.3) is 0 Å². The molecule has 0 spiro atoms. The van der Waals surface area contributed by atoms with Gasteiger partial charge in [-0.25, -0.2) is 0 Å². The van der Waals surface area contributed by atoms with Crippen molar-refractivity contribution in [1.82, 2.24) is 0 Å². The molecule has 2 aliphatic carbocycles. The summed E-state index contributed by atoms with van der Waals surface area (Å²) in [6.45, 7) is 0. The van der Waals surface area contributed by atoms with Gasteiger partial charge in [-0.3, -0.25) is 0 Å². The fourth-order valence-electron chi connectivity index (χ4n) is 6.42. The highest BCUT2D eigenvalue weighted by Gasteiger charge is 2.62. The fraction of sp³-hybridized carbons (Fsp3) is 0.667. The molecule has 0 amide bonds. The lowest BCUT2D eigenvalue weighted by atomic mass is 9.57. The molecular weight excluding hydrogens is 378 g/mol. The van der Waals surface area contributed by atoms with Gasteiger partial charge < -0.3 is 19.1 Å². The Bertz CT molecular complexity index is 824. The zero-order chi connectivity index (χ0) is 21.4.